The number of fused-ring (bicyclic) bond motifs is 1. The molecule has 0 atom stereocenters. The van der Waals surface area contributed by atoms with Gasteiger partial charge in [-0.2, -0.15) is 0 Å². The van der Waals surface area contributed by atoms with Gasteiger partial charge in [0.15, 0.2) is 0 Å². The van der Waals surface area contributed by atoms with Crippen LogP contribution >= 0.6 is 0 Å². The Morgan fingerprint density at radius 2 is 2.00 bits per heavy atom. The van der Waals surface area contributed by atoms with Gasteiger partial charge in [0.2, 0.25) is 5.91 Å². The predicted octanol–water partition coefficient (Wildman–Crippen LogP) is 1.39. The molecule has 0 spiro atoms. The van der Waals surface area contributed by atoms with Gasteiger partial charge in [-0.25, -0.2) is 4.79 Å². The van der Waals surface area contributed by atoms with Crippen LogP contribution in [0.2, 0.25) is 0 Å². The van der Waals surface area contributed by atoms with E-state index in [4.69, 9.17) is 9.47 Å². The number of amides is 1. The van der Waals surface area contributed by atoms with Crippen LogP contribution in [-0.2, 0) is 9.53 Å². The Morgan fingerprint density at radius 3 is 2.80 bits per heavy atom. The molecule has 0 aliphatic rings. The summed E-state index contributed by atoms with van der Waals surface area (Å²) in [6.07, 6.45) is 4.46. The maximum Gasteiger partial charge on any atom is 0.332 e. The molecule has 2 aromatic heterocycles. The lowest BCUT2D eigenvalue weighted by molar-refractivity contribution is -0.119. The van der Waals surface area contributed by atoms with Crippen molar-refractivity contribution in [2.45, 2.75) is 19.8 Å². The molecule has 30 heavy (non-hydrogen) atoms. The molecule has 2 N–H and O–H groups in total. The van der Waals surface area contributed by atoms with E-state index < -0.39 is 11.2 Å². The van der Waals surface area contributed by atoms with Crippen molar-refractivity contribution in [3.05, 3.63) is 63.6 Å². The minimum atomic E-state index is -0.530. The van der Waals surface area contributed by atoms with Crippen molar-refractivity contribution in [3.63, 3.8) is 0 Å². The third kappa shape index (κ3) is 5.77. The van der Waals surface area contributed by atoms with Crippen LogP contribution < -0.4 is 21.3 Å². The summed E-state index contributed by atoms with van der Waals surface area (Å²) >= 11 is 0. The van der Waals surface area contributed by atoms with Gasteiger partial charge in [0, 0.05) is 50.8 Å². The second kappa shape index (κ2) is 10.4. The molecule has 0 saturated heterocycles. The number of H-pyrrole nitrogens is 1. The van der Waals surface area contributed by atoms with Crippen molar-refractivity contribution in [1.82, 2.24) is 19.9 Å². The van der Waals surface area contributed by atoms with Crippen molar-refractivity contribution in [2.75, 3.05) is 26.4 Å². The van der Waals surface area contributed by atoms with E-state index in [1.165, 1.54) is 23.8 Å². The molecule has 1 aromatic carbocycles. The summed E-state index contributed by atoms with van der Waals surface area (Å²) in [5.41, 5.74) is 0.286. The maximum absolute atomic E-state index is 12.0. The first-order valence-corrected chi connectivity index (χ1v) is 9.71. The molecule has 0 saturated carbocycles. The third-order valence-corrected chi connectivity index (χ3v) is 4.30. The molecular formula is C21H24N4O5. The Bertz CT molecular complexity index is 1120. The average Bonchev–Trinajstić information content (AvgIpc) is 2.72. The summed E-state index contributed by atoms with van der Waals surface area (Å²) in [5.74, 6) is 0.617. The van der Waals surface area contributed by atoms with Crippen LogP contribution in [0.15, 0.2) is 52.3 Å². The Hall–Kier alpha value is -3.46. The Kier molecular flexibility index (Phi) is 7.34. The molecule has 0 aliphatic heterocycles. The first-order chi connectivity index (χ1) is 14.5. The van der Waals surface area contributed by atoms with Gasteiger partial charge in [-0.15, -0.1) is 0 Å². The van der Waals surface area contributed by atoms with E-state index in [1.807, 2.05) is 18.2 Å². The Balaban J connectivity index is 1.59. The number of carbonyl (C=O) groups is 1. The van der Waals surface area contributed by atoms with Crippen LogP contribution in [0, 0.1) is 0 Å². The summed E-state index contributed by atoms with van der Waals surface area (Å²) in [4.78, 5) is 40.7. The normalized spacial score (nSPS) is 10.8. The minimum absolute atomic E-state index is 0.0402. The third-order valence-electron chi connectivity index (χ3n) is 4.30. The van der Waals surface area contributed by atoms with Gasteiger partial charge in [0.25, 0.3) is 5.56 Å². The zero-order valence-electron chi connectivity index (χ0n) is 16.7. The molecule has 3 aromatic rings. The lowest BCUT2D eigenvalue weighted by Crippen LogP contribution is -2.27. The number of aromatic nitrogens is 3. The van der Waals surface area contributed by atoms with Gasteiger partial charge >= 0.3 is 5.69 Å². The average molecular weight is 412 g/mol. The molecule has 0 bridgehead atoms. The zero-order chi connectivity index (χ0) is 21.3. The number of carbonyl (C=O) groups excluding carboxylic acids is 1. The standard InChI is InChI=1S/C21H24N4O5/c1-15(26)22-8-3-10-29-11-4-12-30-19-6-2-5-18-17(19)13-16(14-23-18)25-9-7-20(27)24-21(25)28/h2,5-7,9,13-14H,3-4,8,10-12H2,1H3,(H,22,26)(H,24,27,28). The molecule has 2 heterocycles. The summed E-state index contributed by atoms with van der Waals surface area (Å²) in [6, 6.07) is 8.65. The van der Waals surface area contributed by atoms with E-state index in [2.05, 4.69) is 15.3 Å². The van der Waals surface area contributed by atoms with Crippen LogP contribution in [0.3, 0.4) is 0 Å². The van der Waals surface area contributed by atoms with Crippen molar-refractivity contribution >= 4 is 16.8 Å². The fraction of sp³-hybridized carbons (Fsp3) is 0.333. The molecule has 0 unspecified atom stereocenters. The van der Waals surface area contributed by atoms with Crippen LogP contribution in [0.1, 0.15) is 19.8 Å². The van der Waals surface area contributed by atoms with Crippen molar-refractivity contribution in [1.29, 1.82) is 0 Å². The largest absolute Gasteiger partial charge is 0.493 e. The monoisotopic (exact) mass is 412 g/mol. The predicted molar refractivity (Wildman–Crippen MR) is 112 cm³/mol. The van der Waals surface area contributed by atoms with E-state index in [-0.39, 0.29) is 5.91 Å². The molecule has 158 valence electrons. The fourth-order valence-corrected chi connectivity index (χ4v) is 2.87. The van der Waals surface area contributed by atoms with Crippen molar-refractivity contribution in [3.8, 4) is 11.4 Å². The second-order valence-electron chi connectivity index (χ2n) is 6.65. The van der Waals surface area contributed by atoms with E-state index >= 15 is 0 Å². The number of hydrogen-bond acceptors (Lipinski definition) is 6. The van der Waals surface area contributed by atoms with Gasteiger partial charge in [-0.3, -0.25) is 24.1 Å². The zero-order valence-corrected chi connectivity index (χ0v) is 16.7. The van der Waals surface area contributed by atoms with E-state index in [9.17, 15) is 14.4 Å². The van der Waals surface area contributed by atoms with Crippen molar-refractivity contribution < 1.29 is 14.3 Å². The molecular weight excluding hydrogens is 388 g/mol. The molecule has 9 heteroatoms. The van der Waals surface area contributed by atoms with E-state index in [0.29, 0.717) is 44.2 Å². The Morgan fingerprint density at radius 1 is 1.17 bits per heavy atom. The highest BCUT2D eigenvalue weighted by Crippen LogP contribution is 2.26. The Labute approximate surface area is 172 Å². The highest BCUT2D eigenvalue weighted by Gasteiger charge is 2.07. The minimum Gasteiger partial charge on any atom is -0.493 e. The molecule has 0 radical (unpaired) electrons. The molecule has 0 aliphatic carbocycles. The summed E-state index contributed by atoms with van der Waals surface area (Å²) < 4.78 is 12.7. The van der Waals surface area contributed by atoms with E-state index in [0.717, 1.165) is 17.3 Å². The van der Waals surface area contributed by atoms with Crippen LogP contribution in [-0.4, -0.2) is 46.8 Å². The molecule has 9 nitrogen and oxygen atoms in total. The smallest absolute Gasteiger partial charge is 0.332 e. The van der Waals surface area contributed by atoms with Gasteiger partial charge < -0.3 is 14.8 Å². The number of aromatic amines is 1. The molecule has 1 amide bonds. The molecule has 3 rings (SSSR count). The van der Waals surface area contributed by atoms with Gasteiger partial charge in [-0.1, -0.05) is 6.07 Å². The van der Waals surface area contributed by atoms with Gasteiger partial charge in [-0.05, 0) is 24.6 Å². The lowest BCUT2D eigenvalue weighted by Gasteiger charge is -2.11. The highest BCUT2D eigenvalue weighted by molar-refractivity contribution is 5.86. The lowest BCUT2D eigenvalue weighted by atomic mass is 10.2. The maximum atomic E-state index is 12.0. The van der Waals surface area contributed by atoms with Crippen LogP contribution in [0.25, 0.3) is 16.6 Å². The number of rotatable bonds is 10. The molecule has 0 fully saturated rings. The van der Waals surface area contributed by atoms with Gasteiger partial charge in [0.05, 0.1) is 24.0 Å². The number of nitrogens with zero attached hydrogens (tertiary/aromatic N) is 2. The number of pyridine rings is 1. The highest BCUT2D eigenvalue weighted by atomic mass is 16.5. The first-order valence-electron chi connectivity index (χ1n) is 9.71. The number of nitrogens with one attached hydrogen (secondary N) is 2. The van der Waals surface area contributed by atoms with Gasteiger partial charge in [0.1, 0.15) is 5.75 Å². The first kappa shape index (κ1) is 21.3. The van der Waals surface area contributed by atoms with Crippen LogP contribution in [0.5, 0.6) is 5.75 Å². The summed E-state index contributed by atoms with van der Waals surface area (Å²) in [7, 11) is 0. The van der Waals surface area contributed by atoms with Crippen molar-refractivity contribution in [2.24, 2.45) is 0 Å². The number of ether oxygens (including phenoxy) is 2. The second-order valence-corrected chi connectivity index (χ2v) is 6.65. The van der Waals surface area contributed by atoms with E-state index in [1.54, 1.807) is 12.3 Å². The SMILES string of the molecule is CC(=O)NCCCOCCCOc1cccc2ncc(-n3ccc(=O)[nH]c3=O)cc12. The fourth-order valence-electron chi connectivity index (χ4n) is 2.87. The van der Waals surface area contributed by atoms with Crippen LogP contribution in [0.4, 0.5) is 0 Å². The number of benzene rings is 1. The topological polar surface area (TPSA) is 115 Å². The quantitative estimate of drug-likeness (QED) is 0.486. The number of hydrogen-bond donors (Lipinski definition) is 2. The summed E-state index contributed by atoms with van der Waals surface area (Å²) in [6.45, 7) is 3.70. The summed E-state index contributed by atoms with van der Waals surface area (Å²) in [5, 5.41) is 3.49.